The van der Waals surface area contributed by atoms with E-state index in [9.17, 15) is 0 Å². The molecule has 3 heteroatoms. The van der Waals surface area contributed by atoms with E-state index in [4.69, 9.17) is 4.98 Å². The highest BCUT2D eigenvalue weighted by Crippen LogP contribution is 2.42. The van der Waals surface area contributed by atoms with Gasteiger partial charge in [-0.2, -0.15) is 0 Å². The molecule has 0 saturated carbocycles. The van der Waals surface area contributed by atoms with Crippen molar-refractivity contribution in [1.29, 1.82) is 0 Å². The molecule has 3 aromatic heterocycles. The van der Waals surface area contributed by atoms with Crippen LogP contribution >= 0.6 is 0 Å². The number of rotatable bonds is 5. The van der Waals surface area contributed by atoms with Gasteiger partial charge in [-0.1, -0.05) is 103 Å². The number of fused-ring (bicyclic) bond motifs is 3. The van der Waals surface area contributed by atoms with Crippen LogP contribution in [0, 0.1) is 0 Å². The first kappa shape index (κ1) is 25.0. The summed E-state index contributed by atoms with van der Waals surface area (Å²) in [6.45, 7) is 0. The third-order valence-electron chi connectivity index (χ3n) is 8.07. The molecule has 5 aromatic carbocycles. The van der Waals surface area contributed by atoms with E-state index in [2.05, 4.69) is 137 Å². The van der Waals surface area contributed by atoms with Crippen LogP contribution in [0.1, 0.15) is 0 Å². The maximum Gasteiger partial charge on any atom is 0.0893 e. The maximum absolute atomic E-state index is 5.13. The van der Waals surface area contributed by atoms with E-state index in [1.165, 1.54) is 38.6 Å². The second-order valence-corrected chi connectivity index (χ2v) is 10.7. The normalized spacial score (nSPS) is 11.3. The molecule has 3 nitrogen and oxygen atoms in total. The predicted octanol–water partition coefficient (Wildman–Crippen LogP) is 10.4. The molecule has 0 fully saturated rings. The molecule has 3 heterocycles. The van der Waals surface area contributed by atoms with E-state index in [0.717, 1.165) is 39.2 Å². The monoisotopic (exact) mass is 549 g/mol. The zero-order chi connectivity index (χ0) is 28.6. The van der Waals surface area contributed by atoms with Gasteiger partial charge in [0.05, 0.1) is 28.1 Å². The Kier molecular flexibility index (Phi) is 6.12. The molecule has 0 aliphatic carbocycles. The Hall–Kier alpha value is -5.80. The molecule has 0 unspecified atom stereocenters. The molecule has 1 N–H and O–H groups in total. The summed E-state index contributed by atoms with van der Waals surface area (Å²) in [7, 11) is 0. The van der Waals surface area contributed by atoms with E-state index >= 15 is 0 Å². The van der Waals surface area contributed by atoms with Crippen molar-refractivity contribution < 1.29 is 0 Å². The Morgan fingerprint density at radius 2 is 0.884 bits per heavy atom. The number of aromatic amines is 1. The van der Waals surface area contributed by atoms with Gasteiger partial charge in [0.1, 0.15) is 0 Å². The number of pyridine rings is 2. The van der Waals surface area contributed by atoms with E-state index in [1.54, 1.807) is 0 Å². The van der Waals surface area contributed by atoms with Gasteiger partial charge in [0.2, 0.25) is 0 Å². The summed E-state index contributed by atoms with van der Waals surface area (Å²) in [5.41, 5.74) is 12.9. The van der Waals surface area contributed by atoms with Crippen LogP contribution in [0.5, 0.6) is 0 Å². The number of benzene rings is 5. The number of H-pyrrole nitrogens is 1. The van der Waals surface area contributed by atoms with Crippen molar-refractivity contribution in [3.8, 4) is 56.0 Å². The molecular weight excluding hydrogens is 522 g/mol. The molecule has 8 rings (SSSR count). The van der Waals surface area contributed by atoms with Crippen molar-refractivity contribution >= 4 is 21.8 Å². The zero-order valence-corrected chi connectivity index (χ0v) is 23.4. The first-order chi connectivity index (χ1) is 21.3. The van der Waals surface area contributed by atoms with Crippen LogP contribution in [0.2, 0.25) is 0 Å². The van der Waals surface area contributed by atoms with Crippen molar-refractivity contribution in [2.45, 2.75) is 0 Å². The Balaban J connectivity index is 1.46. The van der Waals surface area contributed by atoms with E-state index in [1.807, 2.05) is 30.5 Å². The zero-order valence-electron chi connectivity index (χ0n) is 23.4. The van der Waals surface area contributed by atoms with E-state index in [-0.39, 0.29) is 0 Å². The van der Waals surface area contributed by atoms with Crippen LogP contribution in [-0.2, 0) is 0 Å². The van der Waals surface area contributed by atoms with Crippen LogP contribution in [0.25, 0.3) is 77.8 Å². The Bertz CT molecular complexity index is 2200. The molecule has 0 atom stereocenters. The molecule has 43 heavy (non-hydrogen) atoms. The number of hydrogen-bond acceptors (Lipinski definition) is 2. The Labute approximate surface area is 250 Å². The number of nitrogens with one attached hydrogen (secondary N) is 1. The molecule has 0 amide bonds. The Morgan fingerprint density at radius 3 is 1.49 bits per heavy atom. The predicted molar refractivity (Wildman–Crippen MR) is 179 cm³/mol. The van der Waals surface area contributed by atoms with Gasteiger partial charge >= 0.3 is 0 Å². The topological polar surface area (TPSA) is 41.6 Å². The second-order valence-electron chi connectivity index (χ2n) is 10.7. The van der Waals surface area contributed by atoms with Crippen molar-refractivity contribution in [2.24, 2.45) is 0 Å². The average Bonchev–Trinajstić information content (AvgIpc) is 3.48. The van der Waals surface area contributed by atoms with Gasteiger partial charge in [0.25, 0.3) is 0 Å². The van der Waals surface area contributed by atoms with Crippen LogP contribution in [0.15, 0.2) is 158 Å². The minimum absolute atomic E-state index is 0.851. The third kappa shape index (κ3) is 4.58. The van der Waals surface area contributed by atoms with Crippen molar-refractivity contribution in [3.05, 3.63) is 158 Å². The summed E-state index contributed by atoms with van der Waals surface area (Å²) in [6.07, 6.45) is 1.81. The lowest BCUT2D eigenvalue weighted by Crippen LogP contribution is -1.91. The van der Waals surface area contributed by atoms with Gasteiger partial charge < -0.3 is 4.98 Å². The van der Waals surface area contributed by atoms with Gasteiger partial charge in [-0.05, 0) is 76.3 Å². The average molecular weight is 550 g/mol. The largest absolute Gasteiger partial charge is 0.353 e. The summed E-state index contributed by atoms with van der Waals surface area (Å²) in [4.78, 5) is 13.6. The van der Waals surface area contributed by atoms with E-state index in [0.29, 0.717) is 0 Å². The van der Waals surface area contributed by atoms with E-state index < -0.39 is 0 Å². The van der Waals surface area contributed by atoms with Crippen molar-refractivity contribution in [3.63, 3.8) is 0 Å². The maximum atomic E-state index is 5.13. The molecule has 0 radical (unpaired) electrons. The summed E-state index contributed by atoms with van der Waals surface area (Å²) in [6, 6.07) is 53.2. The van der Waals surface area contributed by atoms with Gasteiger partial charge in [0, 0.05) is 28.1 Å². The summed E-state index contributed by atoms with van der Waals surface area (Å²) < 4.78 is 0. The molecule has 0 bridgehead atoms. The summed E-state index contributed by atoms with van der Waals surface area (Å²) >= 11 is 0. The highest BCUT2D eigenvalue weighted by molar-refractivity contribution is 6.17. The SMILES string of the molecule is c1ccc(-c2cc(-c3ccccc3)c3[nH]c4c(-c5cccc(-c6ccccn6)n5)cc(-c5ccccc5)cc4c3c2)cc1. The number of aromatic nitrogens is 3. The highest BCUT2D eigenvalue weighted by atomic mass is 14.8. The van der Waals surface area contributed by atoms with Crippen LogP contribution in [-0.4, -0.2) is 15.0 Å². The summed E-state index contributed by atoms with van der Waals surface area (Å²) in [5, 5.41) is 2.36. The smallest absolute Gasteiger partial charge is 0.0893 e. The molecule has 0 aliphatic heterocycles. The molecule has 0 saturated heterocycles. The van der Waals surface area contributed by atoms with Gasteiger partial charge in [0.15, 0.2) is 0 Å². The first-order valence-corrected chi connectivity index (χ1v) is 14.5. The van der Waals surface area contributed by atoms with Gasteiger partial charge in [-0.25, -0.2) is 4.98 Å². The third-order valence-corrected chi connectivity index (χ3v) is 8.07. The summed E-state index contributed by atoms with van der Waals surface area (Å²) in [5.74, 6) is 0. The molecule has 0 aliphatic rings. The van der Waals surface area contributed by atoms with Crippen LogP contribution < -0.4 is 0 Å². The second kappa shape index (κ2) is 10.6. The molecule has 202 valence electrons. The minimum Gasteiger partial charge on any atom is -0.353 e. The molecule has 8 aromatic rings. The lowest BCUT2D eigenvalue weighted by atomic mass is 9.94. The standard InChI is InChI=1S/C40H27N3/c1-4-13-27(14-5-1)30-23-32(29-17-8-3-9-18-29)39-33(24-30)34-25-31(28-15-6-2-7-16-28)26-35(40(34)43-39)36-20-12-21-38(42-36)37-19-10-11-22-41-37/h1-26,43H. The molecule has 0 spiro atoms. The first-order valence-electron chi connectivity index (χ1n) is 14.5. The fourth-order valence-corrected chi connectivity index (χ4v) is 5.99. The van der Waals surface area contributed by atoms with Gasteiger partial charge in [-0.15, -0.1) is 0 Å². The quantitative estimate of drug-likeness (QED) is 0.232. The fraction of sp³-hybridized carbons (Fsp3) is 0. The number of hydrogen-bond donors (Lipinski definition) is 1. The highest BCUT2D eigenvalue weighted by Gasteiger charge is 2.18. The minimum atomic E-state index is 0.851. The van der Waals surface area contributed by atoms with Gasteiger partial charge in [-0.3, -0.25) is 4.98 Å². The lowest BCUT2D eigenvalue weighted by Gasteiger charge is -2.10. The Morgan fingerprint density at radius 1 is 0.372 bits per heavy atom. The lowest BCUT2D eigenvalue weighted by molar-refractivity contribution is 1.25. The van der Waals surface area contributed by atoms with Crippen LogP contribution in [0.3, 0.4) is 0 Å². The van der Waals surface area contributed by atoms with Crippen molar-refractivity contribution in [1.82, 2.24) is 15.0 Å². The fourth-order valence-electron chi connectivity index (χ4n) is 5.99. The van der Waals surface area contributed by atoms with Crippen molar-refractivity contribution in [2.75, 3.05) is 0 Å². The van der Waals surface area contributed by atoms with Crippen LogP contribution in [0.4, 0.5) is 0 Å². The number of nitrogens with zero attached hydrogens (tertiary/aromatic N) is 2. The molecular formula is C40H27N3.